The molecule has 1 N–H and O–H groups in total. The first-order valence-corrected chi connectivity index (χ1v) is 13.7. The molecule has 1 aliphatic heterocycles. The molecule has 0 saturated carbocycles. The Balaban J connectivity index is 0.000000701. The van der Waals surface area contributed by atoms with Crippen molar-refractivity contribution < 1.29 is 22.1 Å². The predicted molar refractivity (Wildman–Crippen MR) is 109 cm³/mol. The number of hydrogen-bond donors (Lipinski definition) is 1. The van der Waals surface area contributed by atoms with Gasteiger partial charge in [-0.1, -0.05) is 38.9 Å². The van der Waals surface area contributed by atoms with Crippen LogP contribution in [0.3, 0.4) is 0 Å². The van der Waals surface area contributed by atoms with Crippen molar-refractivity contribution in [2.45, 2.75) is 33.1 Å². The summed E-state index contributed by atoms with van der Waals surface area (Å²) in [6, 6.07) is 12.6. The van der Waals surface area contributed by atoms with Crippen molar-refractivity contribution in [3.8, 4) is 5.75 Å². The molecule has 1 heterocycles. The van der Waals surface area contributed by atoms with Crippen molar-refractivity contribution in [3.63, 3.8) is 0 Å². The Morgan fingerprint density at radius 3 is 2.24 bits per heavy atom. The Morgan fingerprint density at radius 1 is 0.960 bits per heavy atom. The number of hydrogen-bond acceptors (Lipinski definition) is 2. The molecule has 0 spiro atoms. The zero-order valence-corrected chi connectivity index (χ0v) is 18.7. The van der Waals surface area contributed by atoms with Crippen LogP contribution in [0.5, 0.6) is 5.75 Å². The number of phenolic OH excluding ortho intramolecular Hbond substituents is 1. The normalized spacial score (nSPS) is 14.3. The molecular formula is C19H24Cl2NOPTi. The molecule has 3 rings (SSSR count). The van der Waals surface area contributed by atoms with Gasteiger partial charge in [0.25, 0.3) is 0 Å². The number of piperidine rings is 1. The van der Waals surface area contributed by atoms with Gasteiger partial charge in [-0.25, -0.2) is 0 Å². The molecule has 25 heavy (non-hydrogen) atoms. The van der Waals surface area contributed by atoms with Crippen molar-refractivity contribution >= 4 is 43.5 Å². The number of anilines is 1. The Kier molecular flexibility index (Phi) is 9.10. The average Bonchev–Trinajstić information content (AvgIpc) is 2.62. The summed E-state index contributed by atoms with van der Waals surface area (Å²) in [5.74, 6) is 0.452. The molecule has 1 fully saturated rings. The van der Waals surface area contributed by atoms with E-state index in [1.54, 1.807) is 0 Å². The van der Waals surface area contributed by atoms with Gasteiger partial charge in [-0.05, 0) is 50.3 Å². The van der Waals surface area contributed by atoms with Gasteiger partial charge in [0.1, 0.15) is 5.75 Å². The van der Waals surface area contributed by atoms with Crippen LogP contribution in [0.2, 0.25) is 0 Å². The summed E-state index contributed by atoms with van der Waals surface area (Å²) in [5.41, 5.74) is 3.64. The fraction of sp³-hybridized carbons (Fsp3) is 0.368. The number of benzene rings is 2. The molecule has 134 valence electrons. The van der Waals surface area contributed by atoms with E-state index in [0.717, 1.165) is 24.0 Å². The number of aromatic hydroxyl groups is 1. The third-order valence-electron chi connectivity index (χ3n) is 4.44. The van der Waals surface area contributed by atoms with Crippen LogP contribution in [0.25, 0.3) is 0 Å². The third-order valence-corrected chi connectivity index (χ3v) is 6.02. The van der Waals surface area contributed by atoms with Crippen LogP contribution >= 0.6 is 27.2 Å². The third kappa shape index (κ3) is 5.88. The first-order chi connectivity index (χ1) is 12.1. The molecule has 0 aliphatic carbocycles. The fourth-order valence-corrected chi connectivity index (χ4v) is 4.52. The van der Waals surface area contributed by atoms with Gasteiger partial charge in [-0.15, -0.1) is 0 Å². The van der Waals surface area contributed by atoms with Crippen LogP contribution in [0.1, 0.15) is 30.4 Å². The van der Waals surface area contributed by atoms with E-state index >= 15 is 0 Å². The monoisotopic (exact) mass is 431 g/mol. The van der Waals surface area contributed by atoms with Gasteiger partial charge in [0, 0.05) is 29.4 Å². The van der Waals surface area contributed by atoms with Crippen molar-refractivity contribution in [1.82, 2.24) is 0 Å². The van der Waals surface area contributed by atoms with E-state index in [9.17, 15) is 5.11 Å². The second kappa shape index (κ2) is 10.8. The molecule has 2 aromatic carbocycles. The maximum absolute atomic E-state index is 10.3. The van der Waals surface area contributed by atoms with Crippen molar-refractivity contribution in [2.75, 3.05) is 18.0 Å². The van der Waals surface area contributed by atoms with E-state index in [4.69, 9.17) is 18.6 Å². The van der Waals surface area contributed by atoms with E-state index in [-0.39, 0.29) is 0 Å². The molecule has 0 bridgehead atoms. The molecular weight excluding hydrogens is 408 g/mol. The quantitative estimate of drug-likeness (QED) is 0.545. The molecule has 2 nitrogen and oxygen atoms in total. The van der Waals surface area contributed by atoms with Crippen LogP contribution in [0.15, 0.2) is 36.4 Å². The first-order valence-electron chi connectivity index (χ1n) is 8.45. The molecule has 2 aromatic rings. The van der Waals surface area contributed by atoms with Gasteiger partial charge in [0.05, 0.1) is 0 Å². The van der Waals surface area contributed by atoms with E-state index < -0.39 is 17.0 Å². The summed E-state index contributed by atoms with van der Waals surface area (Å²) >= 11 is -0.556. The second-order valence-corrected chi connectivity index (χ2v) is 10.1. The minimum atomic E-state index is -0.556. The van der Waals surface area contributed by atoms with E-state index in [2.05, 4.69) is 30.0 Å². The van der Waals surface area contributed by atoms with Gasteiger partial charge in [-0.2, -0.15) is 0 Å². The first kappa shape index (κ1) is 21.1. The molecule has 6 heteroatoms. The van der Waals surface area contributed by atoms with Crippen LogP contribution in [-0.2, 0) is 17.0 Å². The Bertz CT molecular complexity index is 693. The number of aryl methyl sites for hydroxylation is 2. The van der Waals surface area contributed by atoms with Gasteiger partial charge >= 0.3 is 35.6 Å². The molecule has 1 unspecified atom stereocenters. The number of nitrogens with zero attached hydrogens (tertiary/aromatic N) is 1. The van der Waals surface area contributed by atoms with Crippen LogP contribution in [-0.4, -0.2) is 18.2 Å². The Hall–Kier alpha value is -0.236. The zero-order valence-electron chi connectivity index (χ0n) is 14.6. The van der Waals surface area contributed by atoms with Crippen molar-refractivity contribution in [2.24, 2.45) is 0 Å². The summed E-state index contributed by atoms with van der Waals surface area (Å²) in [4.78, 5) is 2.52. The van der Waals surface area contributed by atoms with Gasteiger partial charge in [0.2, 0.25) is 0 Å². The summed E-state index contributed by atoms with van der Waals surface area (Å²) in [5, 5.41) is 12.8. The van der Waals surface area contributed by atoms with Gasteiger partial charge in [-0.3, -0.25) is 0 Å². The maximum atomic E-state index is 10.3. The number of para-hydroxylation sites is 1. The number of rotatable bonds is 3. The van der Waals surface area contributed by atoms with Crippen molar-refractivity contribution in [3.05, 3.63) is 47.5 Å². The zero-order chi connectivity index (χ0) is 18.2. The van der Waals surface area contributed by atoms with E-state index in [0.29, 0.717) is 14.3 Å². The Morgan fingerprint density at radius 2 is 1.56 bits per heavy atom. The predicted octanol–water partition coefficient (Wildman–Crippen LogP) is 5.01. The van der Waals surface area contributed by atoms with Gasteiger partial charge in [0.15, 0.2) is 0 Å². The van der Waals surface area contributed by atoms with E-state index in [1.807, 2.05) is 25.1 Å². The van der Waals surface area contributed by atoms with Crippen molar-refractivity contribution in [1.29, 1.82) is 0 Å². The van der Waals surface area contributed by atoms with Gasteiger partial charge < -0.3 is 10.0 Å². The molecule has 0 radical (unpaired) electrons. The molecule has 0 aromatic heterocycles. The Labute approximate surface area is 169 Å². The molecule has 1 atom stereocenters. The second-order valence-electron chi connectivity index (χ2n) is 6.18. The van der Waals surface area contributed by atoms with E-state index in [1.165, 1.54) is 35.8 Å². The number of phenols is 1. The summed E-state index contributed by atoms with van der Waals surface area (Å²) < 4.78 is 0. The molecule has 0 amide bonds. The fourth-order valence-electron chi connectivity index (χ4n) is 3.11. The summed E-state index contributed by atoms with van der Waals surface area (Å²) in [6.07, 6.45) is 3.91. The molecule has 1 saturated heterocycles. The average molecular weight is 432 g/mol. The molecule has 1 aliphatic rings. The van der Waals surface area contributed by atoms with Crippen LogP contribution in [0.4, 0.5) is 5.69 Å². The number of halogens is 2. The summed E-state index contributed by atoms with van der Waals surface area (Å²) in [7, 11) is 10.3. The van der Waals surface area contributed by atoms with Crippen LogP contribution in [0, 0.1) is 13.8 Å². The SMILES string of the molecule is Cc1cccc(Pc2c(C)cccc2N2CCCCC2)c1O.[Cl][Ti][Cl]. The standard InChI is InChI=1S/C19H24NOP.2ClH.Ti/c1-14-8-7-11-17(18(14)21)22-19-15(2)9-6-10-16(19)20-12-4-3-5-13-20;;;/h6-11,21-22H,3-5,12-13H2,1-2H3;2*1H;/q;;;+2/p-2. The minimum absolute atomic E-state index is 0.452. The van der Waals surface area contributed by atoms with Crippen LogP contribution < -0.4 is 15.5 Å². The topological polar surface area (TPSA) is 23.5 Å². The summed E-state index contributed by atoms with van der Waals surface area (Å²) in [6.45, 7) is 6.46.